The van der Waals surface area contributed by atoms with E-state index in [0.29, 0.717) is 25.9 Å². The van der Waals surface area contributed by atoms with Crippen LogP contribution in [0.25, 0.3) is 0 Å². The lowest BCUT2D eigenvalue weighted by atomic mass is 10.0. The molecule has 398 valence electrons. The summed E-state index contributed by atoms with van der Waals surface area (Å²) < 4.78 is 5.49. The molecule has 0 bridgehead atoms. The first-order chi connectivity index (χ1) is 33.0. The van der Waals surface area contributed by atoms with Gasteiger partial charge in [0.1, 0.15) is 0 Å². The van der Waals surface area contributed by atoms with Crippen LogP contribution in [0.1, 0.15) is 341 Å². The average molecular weight is 947 g/mol. The molecule has 6 heteroatoms. The Bertz CT molecular complexity index is 1000. The van der Waals surface area contributed by atoms with Gasteiger partial charge in [-0.25, -0.2) is 0 Å². The van der Waals surface area contributed by atoms with E-state index in [1.54, 1.807) is 0 Å². The first-order valence-electron chi connectivity index (χ1n) is 30.4. The van der Waals surface area contributed by atoms with Crippen molar-refractivity contribution in [1.29, 1.82) is 0 Å². The van der Waals surface area contributed by atoms with Crippen molar-refractivity contribution in [2.45, 2.75) is 353 Å². The molecule has 0 aliphatic carbocycles. The molecule has 0 saturated carbocycles. The number of aliphatic hydroxyl groups excluding tert-OH is 2. The number of hydrogen-bond donors (Lipinski definition) is 3. The maximum Gasteiger partial charge on any atom is 0.305 e. The number of nitrogens with one attached hydrogen (secondary N) is 1. The number of esters is 1. The van der Waals surface area contributed by atoms with Gasteiger partial charge in [-0.05, 0) is 51.4 Å². The van der Waals surface area contributed by atoms with Crippen molar-refractivity contribution in [3.05, 3.63) is 12.2 Å². The van der Waals surface area contributed by atoms with Gasteiger partial charge in [0, 0.05) is 12.8 Å². The van der Waals surface area contributed by atoms with Gasteiger partial charge in [0.25, 0.3) is 0 Å². The quantitative estimate of drug-likeness (QED) is 0.0321. The zero-order chi connectivity index (χ0) is 48.6. The SMILES string of the molecule is CCCCCCCCCCCCCCCCC(=O)OCCCCCCCCCCCCCC/C=C\CCCCCCCCCCCCCC(=O)NC(CO)C(O)CCCCCCCCCCC. The second kappa shape index (κ2) is 57.2. The summed E-state index contributed by atoms with van der Waals surface area (Å²) in [5, 5.41) is 23.1. The number of carbonyl (C=O) groups excluding carboxylic acids is 2. The highest BCUT2D eigenvalue weighted by Crippen LogP contribution is 2.18. The molecule has 3 N–H and O–H groups in total. The van der Waals surface area contributed by atoms with Crippen molar-refractivity contribution < 1.29 is 24.5 Å². The van der Waals surface area contributed by atoms with Crippen molar-refractivity contribution in [1.82, 2.24) is 5.32 Å². The fourth-order valence-corrected chi connectivity index (χ4v) is 9.64. The molecule has 0 heterocycles. The summed E-state index contributed by atoms with van der Waals surface area (Å²) in [5.41, 5.74) is 0. The van der Waals surface area contributed by atoms with Crippen LogP contribution in [0.3, 0.4) is 0 Å². The molecule has 2 unspecified atom stereocenters. The Morgan fingerprint density at radius 2 is 0.701 bits per heavy atom. The summed E-state index contributed by atoms with van der Waals surface area (Å²) in [6, 6.07) is -0.539. The fraction of sp³-hybridized carbons (Fsp3) is 0.934. The Morgan fingerprint density at radius 3 is 1.06 bits per heavy atom. The maximum atomic E-state index is 12.4. The van der Waals surface area contributed by atoms with Crippen LogP contribution < -0.4 is 5.32 Å². The van der Waals surface area contributed by atoms with Crippen LogP contribution >= 0.6 is 0 Å². The number of unbranched alkanes of at least 4 members (excludes halogenated alkanes) is 44. The third-order valence-electron chi connectivity index (χ3n) is 14.3. The first-order valence-corrected chi connectivity index (χ1v) is 30.4. The molecule has 0 radical (unpaired) electrons. The van der Waals surface area contributed by atoms with Crippen molar-refractivity contribution in [3.63, 3.8) is 0 Å². The zero-order valence-electron chi connectivity index (χ0n) is 45.4. The highest BCUT2D eigenvalue weighted by molar-refractivity contribution is 5.76. The molecule has 0 aromatic heterocycles. The Kier molecular flexibility index (Phi) is 56.0. The van der Waals surface area contributed by atoms with Gasteiger partial charge in [-0.15, -0.1) is 0 Å². The van der Waals surface area contributed by atoms with Gasteiger partial charge in [-0.1, -0.05) is 289 Å². The van der Waals surface area contributed by atoms with Gasteiger partial charge in [0.2, 0.25) is 5.91 Å². The molecule has 0 aromatic carbocycles. The molecule has 0 aromatic rings. The molecule has 6 nitrogen and oxygen atoms in total. The lowest BCUT2D eigenvalue weighted by molar-refractivity contribution is -0.143. The lowest BCUT2D eigenvalue weighted by Gasteiger charge is -2.22. The van der Waals surface area contributed by atoms with E-state index in [1.807, 2.05) is 0 Å². The van der Waals surface area contributed by atoms with Crippen molar-refractivity contribution in [2.75, 3.05) is 13.2 Å². The van der Waals surface area contributed by atoms with Gasteiger partial charge in [-0.3, -0.25) is 9.59 Å². The van der Waals surface area contributed by atoms with E-state index in [2.05, 4.69) is 31.3 Å². The van der Waals surface area contributed by atoms with E-state index in [1.165, 1.54) is 270 Å². The Labute approximate surface area is 419 Å². The van der Waals surface area contributed by atoms with E-state index in [-0.39, 0.29) is 18.5 Å². The topological polar surface area (TPSA) is 95.9 Å². The van der Waals surface area contributed by atoms with Gasteiger partial charge in [-0.2, -0.15) is 0 Å². The summed E-state index contributed by atoms with van der Waals surface area (Å²) >= 11 is 0. The second-order valence-corrected chi connectivity index (χ2v) is 21.0. The minimum absolute atomic E-state index is 0.0177. The van der Waals surface area contributed by atoms with Crippen molar-refractivity contribution in [3.8, 4) is 0 Å². The van der Waals surface area contributed by atoms with E-state index in [4.69, 9.17) is 4.74 Å². The third-order valence-corrected chi connectivity index (χ3v) is 14.3. The monoisotopic (exact) mass is 946 g/mol. The predicted molar refractivity (Wildman–Crippen MR) is 292 cm³/mol. The lowest BCUT2D eigenvalue weighted by Crippen LogP contribution is -2.45. The molecule has 0 spiro atoms. The van der Waals surface area contributed by atoms with Gasteiger partial charge < -0.3 is 20.3 Å². The van der Waals surface area contributed by atoms with Crippen LogP contribution in [0.15, 0.2) is 12.2 Å². The molecule has 0 aliphatic heterocycles. The summed E-state index contributed by atoms with van der Waals surface area (Å²) in [6.45, 7) is 4.95. The van der Waals surface area contributed by atoms with Crippen LogP contribution in [0, 0.1) is 0 Å². The average Bonchev–Trinajstić information content (AvgIpc) is 3.33. The molecule has 1 amide bonds. The number of hydrogen-bond acceptors (Lipinski definition) is 5. The molecule has 0 saturated heterocycles. The van der Waals surface area contributed by atoms with Crippen LogP contribution in [0.4, 0.5) is 0 Å². The van der Waals surface area contributed by atoms with E-state index in [0.717, 1.165) is 38.5 Å². The van der Waals surface area contributed by atoms with Crippen LogP contribution in [0.5, 0.6) is 0 Å². The Hall–Kier alpha value is -1.40. The third kappa shape index (κ3) is 53.8. The highest BCUT2D eigenvalue weighted by Gasteiger charge is 2.20. The molecule has 67 heavy (non-hydrogen) atoms. The fourth-order valence-electron chi connectivity index (χ4n) is 9.64. The number of aliphatic hydroxyl groups is 2. The highest BCUT2D eigenvalue weighted by atomic mass is 16.5. The van der Waals surface area contributed by atoms with E-state index < -0.39 is 12.1 Å². The van der Waals surface area contributed by atoms with Gasteiger partial charge in [0.15, 0.2) is 0 Å². The number of rotatable bonds is 57. The van der Waals surface area contributed by atoms with Gasteiger partial charge in [0.05, 0.1) is 25.4 Å². The standard InChI is InChI=1S/C61H119NO5/c1-3-5-7-9-11-13-14-15-32-35-39-43-47-51-55-61(66)67-56-52-48-44-40-36-33-30-28-26-24-22-20-18-16-17-19-21-23-25-27-29-31-34-38-42-46-50-54-60(65)62-58(57-63)59(64)53-49-45-41-37-12-10-8-6-4-2/h16-17,58-59,63-64H,3-15,18-57H2,1-2H3,(H,62,65)/b17-16-. The van der Waals surface area contributed by atoms with E-state index >= 15 is 0 Å². The maximum absolute atomic E-state index is 12.4. The first kappa shape index (κ1) is 65.6. The van der Waals surface area contributed by atoms with Crippen LogP contribution in [0.2, 0.25) is 0 Å². The normalized spacial score (nSPS) is 12.6. The summed E-state index contributed by atoms with van der Waals surface area (Å²) in [6.07, 6.45) is 68.1. The summed E-state index contributed by atoms with van der Waals surface area (Å²) in [5.74, 6) is -0.0192. The molecule has 0 fully saturated rings. The number of ether oxygens (including phenoxy) is 1. The van der Waals surface area contributed by atoms with Crippen LogP contribution in [-0.2, 0) is 14.3 Å². The Balaban J connectivity index is 3.34. The predicted octanol–water partition coefficient (Wildman–Crippen LogP) is 18.9. The minimum atomic E-state index is -0.661. The zero-order valence-corrected chi connectivity index (χ0v) is 45.4. The number of allylic oxidation sites excluding steroid dienone is 2. The number of amides is 1. The van der Waals surface area contributed by atoms with Crippen LogP contribution in [-0.4, -0.2) is 47.4 Å². The van der Waals surface area contributed by atoms with Gasteiger partial charge >= 0.3 is 5.97 Å². The van der Waals surface area contributed by atoms with E-state index in [9.17, 15) is 19.8 Å². The molecular weight excluding hydrogens is 827 g/mol. The van der Waals surface area contributed by atoms with Crippen molar-refractivity contribution in [2.24, 2.45) is 0 Å². The second-order valence-electron chi connectivity index (χ2n) is 21.0. The minimum Gasteiger partial charge on any atom is -0.466 e. The molecule has 0 rings (SSSR count). The summed E-state index contributed by atoms with van der Waals surface area (Å²) in [4.78, 5) is 24.4. The molecular formula is C61H119NO5. The largest absolute Gasteiger partial charge is 0.466 e. The van der Waals surface area contributed by atoms with Crippen molar-refractivity contribution >= 4 is 11.9 Å². The Morgan fingerprint density at radius 1 is 0.403 bits per heavy atom. The molecule has 2 atom stereocenters. The summed E-state index contributed by atoms with van der Waals surface area (Å²) in [7, 11) is 0. The molecule has 0 aliphatic rings. The number of carbonyl (C=O) groups is 2. The smallest absolute Gasteiger partial charge is 0.305 e.